The van der Waals surface area contributed by atoms with E-state index in [2.05, 4.69) is 22.4 Å². The third kappa shape index (κ3) is 5.02. The Morgan fingerprint density at radius 3 is 2.28 bits per heavy atom. The maximum Gasteiger partial charge on any atom is 0.230 e. The molecule has 1 amide bonds. The fourth-order valence-corrected chi connectivity index (χ4v) is 3.96. The molecule has 8 heteroatoms. The lowest BCUT2D eigenvalue weighted by Gasteiger charge is -2.13. The zero-order valence-corrected chi connectivity index (χ0v) is 18.3. The molecule has 0 fully saturated rings. The van der Waals surface area contributed by atoms with Gasteiger partial charge in [-0.2, -0.15) is 0 Å². The molecule has 1 N–H and O–H groups in total. The molecule has 0 spiro atoms. The number of carbonyl (C=O) groups excluding carboxylic acids is 1. The first kappa shape index (κ1) is 21.0. The Bertz CT molecular complexity index is 962. The highest BCUT2D eigenvalue weighted by Gasteiger charge is 2.15. The van der Waals surface area contributed by atoms with Crippen LogP contribution in [-0.4, -0.2) is 38.5 Å². The van der Waals surface area contributed by atoms with Gasteiger partial charge in [0, 0.05) is 15.8 Å². The minimum Gasteiger partial charge on any atom is -0.493 e. The van der Waals surface area contributed by atoms with Gasteiger partial charge in [0.2, 0.25) is 11.7 Å². The number of nitrogens with one attached hydrogen (secondary N) is 1. The SMILES string of the molecule is COc1cc(CC(=O)Nc2nc(-c3ccc(SC)cc3)cs2)cc(OC)c1OC. The molecule has 2 aromatic carbocycles. The van der Waals surface area contributed by atoms with Crippen molar-refractivity contribution in [2.24, 2.45) is 0 Å². The molecular formula is C21H22N2O4S2. The van der Waals surface area contributed by atoms with Crippen molar-refractivity contribution in [1.29, 1.82) is 0 Å². The lowest BCUT2D eigenvalue weighted by Crippen LogP contribution is -2.14. The average molecular weight is 431 g/mol. The smallest absolute Gasteiger partial charge is 0.230 e. The molecule has 3 aromatic rings. The standard InChI is InChI=1S/C21H22N2O4S2/c1-25-17-9-13(10-18(26-2)20(17)27-3)11-19(24)23-21-22-16(12-29-21)14-5-7-15(28-4)8-6-14/h5-10,12H,11H2,1-4H3,(H,22,23,24). The monoisotopic (exact) mass is 430 g/mol. The molecule has 0 radical (unpaired) electrons. The molecule has 6 nitrogen and oxygen atoms in total. The van der Waals surface area contributed by atoms with Crippen LogP contribution in [0.5, 0.6) is 17.2 Å². The van der Waals surface area contributed by atoms with Gasteiger partial charge in [-0.1, -0.05) is 12.1 Å². The molecule has 3 rings (SSSR count). The topological polar surface area (TPSA) is 69.7 Å². The van der Waals surface area contributed by atoms with E-state index >= 15 is 0 Å². The number of ether oxygens (including phenoxy) is 3. The van der Waals surface area contributed by atoms with E-state index in [1.54, 1.807) is 45.2 Å². The van der Waals surface area contributed by atoms with E-state index in [9.17, 15) is 4.79 Å². The summed E-state index contributed by atoms with van der Waals surface area (Å²) in [7, 11) is 4.63. The van der Waals surface area contributed by atoms with Crippen molar-refractivity contribution in [1.82, 2.24) is 4.98 Å². The summed E-state index contributed by atoms with van der Waals surface area (Å²) in [5, 5.41) is 5.35. The largest absolute Gasteiger partial charge is 0.493 e. The summed E-state index contributed by atoms with van der Waals surface area (Å²) in [5.41, 5.74) is 2.61. The number of thiazole rings is 1. The zero-order chi connectivity index (χ0) is 20.8. The Balaban J connectivity index is 1.70. The third-order valence-electron chi connectivity index (χ3n) is 4.23. The van der Waals surface area contributed by atoms with E-state index < -0.39 is 0 Å². The number of nitrogens with zero attached hydrogens (tertiary/aromatic N) is 1. The number of rotatable bonds is 8. The van der Waals surface area contributed by atoms with Crippen LogP contribution >= 0.6 is 23.1 Å². The van der Waals surface area contributed by atoms with Crippen LogP contribution < -0.4 is 19.5 Å². The van der Waals surface area contributed by atoms with E-state index in [0.717, 1.165) is 16.8 Å². The Kier molecular flexibility index (Phi) is 7.00. The number of thioether (sulfide) groups is 1. The van der Waals surface area contributed by atoms with E-state index in [1.165, 1.54) is 16.2 Å². The molecule has 0 saturated heterocycles. The number of anilines is 1. The lowest BCUT2D eigenvalue weighted by molar-refractivity contribution is -0.115. The summed E-state index contributed by atoms with van der Waals surface area (Å²) in [4.78, 5) is 18.2. The van der Waals surface area contributed by atoms with Gasteiger partial charge in [0.05, 0.1) is 33.4 Å². The van der Waals surface area contributed by atoms with E-state index in [1.807, 2.05) is 23.8 Å². The first-order valence-corrected chi connectivity index (χ1v) is 10.9. The number of hydrogen-bond acceptors (Lipinski definition) is 7. The number of amides is 1. The highest BCUT2D eigenvalue weighted by Crippen LogP contribution is 2.38. The Morgan fingerprint density at radius 1 is 1.07 bits per heavy atom. The number of methoxy groups -OCH3 is 3. The Morgan fingerprint density at radius 2 is 1.72 bits per heavy atom. The van der Waals surface area contributed by atoms with Gasteiger partial charge in [0.15, 0.2) is 16.6 Å². The van der Waals surface area contributed by atoms with Crippen LogP contribution in [0.15, 0.2) is 46.7 Å². The zero-order valence-electron chi connectivity index (χ0n) is 16.6. The van der Waals surface area contributed by atoms with E-state index in [0.29, 0.717) is 22.4 Å². The quantitative estimate of drug-likeness (QED) is 0.521. The van der Waals surface area contributed by atoms with Crippen LogP contribution in [0, 0.1) is 0 Å². The van der Waals surface area contributed by atoms with Crippen LogP contribution in [-0.2, 0) is 11.2 Å². The first-order chi connectivity index (χ1) is 14.1. The van der Waals surface area contributed by atoms with Crippen molar-refractivity contribution in [2.45, 2.75) is 11.3 Å². The molecule has 0 bridgehead atoms. The highest BCUT2D eigenvalue weighted by atomic mass is 32.2. The van der Waals surface area contributed by atoms with Gasteiger partial charge < -0.3 is 19.5 Å². The highest BCUT2D eigenvalue weighted by molar-refractivity contribution is 7.98. The number of hydrogen-bond donors (Lipinski definition) is 1. The van der Waals surface area contributed by atoms with Gasteiger partial charge >= 0.3 is 0 Å². The molecule has 0 saturated carbocycles. The van der Waals surface area contributed by atoms with Crippen LogP contribution in [0.2, 0.25) is 0 Å². The lowest BCUT2D eigenvalue weighted by atomic mass is 10.1. The van der Waals surface area contributed by atoms with Crippen molar-refractivity contribution in [3.8, 4) is 28.5 Å². The molecule has 0 aliphatic carbocycles. The van der Waals surface area contributed by atoms with Crippen molar-refractivity contribution >= 4 is 34.1 Å². The molecule has 1 heterocycles. The Hall–Kier alpha value is -2.71. The minimum absolute atomic E-state index is 0.161. The summed E-state index contributed by atoms with van der Waals surface area (Å²) in [6, 6.07) is 11.7. The maximum atomic E-state index is 12.5. The van der Waals surface area contributed by atoms with Crippen LogP contribution in [0.4, 0.5) is 5.13 Å². The number of carbonyl (C=O) groups is 1. The molecule has 0 atom stereocenters. The molecule has 1 aromatic heterocycles. The summed E-state index contributed by atoms with van der Waals surface area (Å²) in [5.74, 6) is 1.36. The van der Waals surface area contributed by atoms with Crippen molar-refractivity contribution < 1.29 is 19.0 Å². The second-order valence-corrected chi connectivity index (χ2v) is 7.76. The molecule has 0 aliphatic rings. The summed E-state index contributed by atoms with van der Waals surface area (Å²) < 4.78 is 16.0. The van der Waals surface area contributed by atoms with Crippen LogP contribution in [0.3, 0.4) is 0 Å². The summed E-state index contributed by atoms with van der Waals surface area (Å²) in [6.07, 6.45) is 2.20. The van der Waals surface area contributed by atoms with Crippen LogP contribution in [0.25, 0.3) is 11.3 Å². The van der Waals surface area contributed by atoms with Gasteiger partial charge in [-0.25, -0.2) is 4.98 Å². The summed E-state index contributed by atoms with van der Waals surface area (Å²) >= 11 is 3.09. The normalized spacial score (nSPS) is 10.5. The second-order valence-electron chi connectivity index (χ2n) is 6.02. The second kappa shape index (κ2) is 9.67. The fraction of sp³-hybridized carbons (Fsp3) is 0.238. The molecular weight excluding hydrogens is 408 g/mol. The van der Waals surface area contributed by atoms with Crippen molar-refractivity contribution in [3.63, 3.8) is 0 Å². The van der Waals surface area contributed by atoms with Gasteiger partial charge in [-0.15, -0.1) is 23.1 Å². The van der Waals surface area contributed by atoms with Crippen molar-refractivity contribution in [2.75, 3.05) is 32.9 Å². The van der Waals surface area contributed by atoms with E-state index in [-0.39, 0.29) is 12.3 Å². The van der Waals surface area contributed by atoms with Gasteiger partial charge in [-0.3, -0.25) is 4.79 Å². The maximum absolute atomic E-state index is 12.5. The fourth-order valence-electron chi connectivity index (χ4n) is 2.81. The van der Waals surface area contributed by atoms with E-state index in [4.69, 9.17) is 14.2 Å². The minimum atomic E-state index is -0.169. The molecule has 0 aliphatic heterocycles. The molecule has 0 unspecified atom stereocenters. The van der Waals surface area contributed by atoms with Gasteiger partial charge in [0.1, 0.15) is 0 Å². The average Bonchev–Trinajstić information content (AvgIpc) is 3.21. The number of aromatic nitrogens is 1. The van der Waals surface area contributed by atoms with Crippen LogP contribution in [0.1, 0.15) is 5.56 Å². The predicted molar refractivity (Wildman–Crippen MR) is 118 cm³/mol. The summed E-state index contributed by atoms with van der Waals surface area (Å²) in [6.45, 7) is 0. The van der Waals surface area contributed by atoms with Crippen molar-refractivity contribution in [3.05, 3.63) is 47.3 Å². The third-order valence-corrected chi connectivity index (χ3v) is 5.73. The molecule has 152 valence electrons. The molecule has 29 heavy (non-hydrogen) atoms. The van der Waals surface area contributed by atoms with Gasteiger partial charge in [0.25, 0.3) is 0 Å². The Labute approximate surface area is 178 Å². The van der Waals surface area contributed by atoms with Gasteiger partial charge in [-0.05, 0) is 36.1 Å². The predicted octanol–water partition coefficient (Wildman–Crippen LogP) is 4.74. The number of benzene rings is 2. The first-order valence-electron chi connectivity index (χ1n) is 8.76.